The van der Waals surface area contributed by atoms with Crippen LogP contribution in [0.15, 0.2) is 99.3 Å². The second-order valence-electron chi connectivity index (χ2n) is 7.28. The number of nitrogens with one attached hydrogen (secondary N) is 1. The topological polar surface area (TPSA) is 81.5 Å². The molecule has 4 aromatic rings. The molecule has 2 aromatic heterocycles. The standard InChI is InChI=1S/C13H11F2NO2.C13H10F2O3/c14-13(15)10-6-11(17)12(7-16-10)18-8-9-4-2-1-3-5-9;14-13(15)11-6-10(16)12(8-18-11)17-7-9-4-2-1-3-5-9/h1-7,13H,8H2,(H,16,17);1-6,8,13H,7H2. The van der Waals surface area contributed by atoms with Crippen LogP contribution in [0, 0.1) is 0 Å². The van der Waals surface area contributed by atoms with Crippen molar-refractivity contribution < 1.29 is 31.5 Å². The molecule has 0 radical (unpaired) electrons. The minimum Gasteiger partial charge on any atom is -0.483 e. The number of rotatable bonds is 8. The summed E-state index contributed by atoms with van der Waals surface area (Å²) < 4.78 is 64.2. The first-order valence-corrected chi connectivity index (χ1v) is 10.6. The van der Waals surface area contributed by atoms with Gasteiger partial charge in [0.1, 0.15) is 19.5 Å². The van der Waals surface area contributed by atoms with Crippen LogP contribution in [0.2, 0.25) is 0 Å². The fourth-order valence-corrected chi connectivity index (χ4v) is 2.82. The minimum absolute atomic E-state index is 0.0308. The van der Waals surface area contributed by atoms with E-state index in [1.807, 2.05) is 60.7 Å². The van der Waals surface area contributed by atoms with Crippen molar-refractivity contribution in [1.82, 2.24) is 4.98 Å². The summed E-state index contributed by atoms with van der Waals surface area (Å²) in [5.41, 5.74) is 0.184. The average Bonchev–Trinajstić information content (AvgIpc) is 2.88. The SMILES string of the molecule is O=c1cc(C(F)F)[nH]cc1OCc1ccccc1.O=c1cc(C(F)F)occ1OCc1ccccc1. The second kappa shape index (κ2) is 12.9. The van der Waals surface area contributed by atoms with E-state index in [1.54, 1.807) is 0 Å². The molecule has 0 saturated carbocycles. The maximum absolute atomic E-state index is 12.3. The molecule has 0 atom stereocenters. The summed E-state index contributed by atoms with van der Waals surface area (Å²) in [6, 6.07) is 20.0. The Morgan fingerprint density at radius 3 is 1.72 bits per heavy atom. The van der Waals surface area contributed by atoms with Crippen LogP contribution in [0.5, 0.6) is 11.5 Å². The Hall–Kier alpha value is -4.34. The summed E-state index contributed by atoms with van der Waals surface area (Å²) in [6.07, 6.45) is -3.43. The van der Waals surface area contributed by atoms with E-state index in [1.165, 1.54) is 0 Å². The number of alkyl halides is 4. The van der Waals surface area contributed by atoms with Gasteiger partial charge in [0, 0.05) is 18.3 Å². The molecule has 0 aliphatic carbocycles. The van der Waals surface area contributed by atoms with Crippen LogP contribution in [0.1, 0.15) is 35.4 Å². The lowest BCUT2D eigenvalue weighted by Crippen LogP contribution is -2.09. The lowest BCUT2D eigenvalue weighted by molar-refractivity contribution is 0.118. The predicted molar refractivity (Wildman–Crippen MR) is 124 cm³/mol. The van der Waals surface area contributed by atoms with Crippen molar-refractivity contribution in [3.8, 4) is 11.5 Å². The highest BCUT2D eigenvalue weighted by molar-refractivity contribution is 5.22. The van der Waals surface area contributed by atoms with Gasteiger partial charge in [0.05, 0.1) is 5.69 Å². The van der Waals surface area contributed by atoms with Crippen molar-refractivity contribution in [2.24, 2.45) is 0 Å². The van der Waals surface area contributed by atoms with E-state index < -0.39 is 35.2 Å². The number of aromatic amines is 1. The first-order valence-electron chi connectivity index (χ1n) is 10.6. The summed E-state index contributed by atoms with van der Waals surface area (Å²) in [6.45, 7) is 0.400. The summed E-state index contributed by atoms with van der Waals surface area (Å²) in [7, 11) is 0. The minimum atomic E-state index is -2.80. The van der Waals surface area contributed by atoms with Crippen molar-refractivity contribution in [3.63, 3.8) is 0 Å². The molecule has 0 saturated heterocycles. The summed E-state index contributed by atoms with van der Waals surface area (Å²) in [4.78, 5) is 25.3. The molecule has 0 bridgehead atoms. The van der Waals surface area contributed by atoms with E-state index in [0.29, 0.717) is 0 Å². The fourth-order valence-electron chi connectivity index (χ4n) is 2.82. The Kier molecular flexibility index (Phi) is 9.44. The van der Waals surface area contributed by atoms with Crippen LogP contribution in [-0.2, 0) is 13.2 Å². The van der Waals surface area contributed by atoms with Crippen LogP contribution in [0.25, 0.3) is 0 Å². The van der Waals surface area contributed by atoms with Gasteiger partial charge >= 0.3 is 0 Å². The van der Waals surface area contributed by atoms with E-state index in [2.05, 4.69) is 9.40 Å². The molecular weight excluding hydrogens is 482 g/mol. The number of hydrogen-bond acceptors (Lipinski definition) is 5. The van der Waals surface area contributed by atoms with Crippen LogP contribution in [-0.4, -0.2) is 4.98 Å². The molecule has 1 N–H and O–H groups in total. The monoisotopic (exact) mass is 503 g/mol. The third-order valence-corrected chi connectivity index (χ3v) is 4.64. The molecule has 6 nitrogen and oxygen atoms in total. The number of benzene rings is 2. The lowest BCUT2D eigenvalue weighted by Gasteiger charge is -2.06. The van der Waals surface area contributed by atoms with E-state index >= 15 is 0 Å². The van der Waals surface area contributed by atoms with Gasteiger partial charge < -0.3 is 18.9 Å². The molecule has 10 heteroatoms. The predicted octanol–water partition coefficient (Wildman–Crippen LogP) is 6.05. The smallest absolute Gasteiger partial charge is 0.295 e. The molecule has 2 aromatic carbocycles. The Morgan fingerprint density at radius 1 is 0.722 bits per heavy atom. The Morgan fingerprint density at radius 2 is 1.25 bits per heavy atom. The number of ether oxygens (including phenoxy) is 2. The van der Waals surface area contributed by atoms with E-state index in [9.17, 15) is 27.2 Å². The highest BCUT2D eigenvalue weighted by Gasteiger charge is 2.13. The number of H-pyrrole nitrogens is 1. The van der Waals surface area contributed by atoms with Crippen LogP contribution >= 0.6 is 0 Å². The Balaban J connectivity index is 0.000000201. The first kappa shape index (κ1) is 26.3. The maximum atomic E-state index is 12.3. The zero-order valence-electron chi connectivity index (χ0n) is 18.7. The second-order valence-corrected chi connectivity index (χ2v) is 7.28. The molecular formula is C26H21F4NO5. The highest BCUT2D eigenvalue weighted by Crippen LogP contribution is 2.19. The summed E-state index contributed by atoms with van der Waals surface area (Å²) in [5.74, 6) is -0.710. The van der Waals surface area contributed by atoms with Crippen molar-refractivity contribution >= 4 is 0 Å². The van der Waals surface area contributed by atoms with Crippen LogP contribution in [0.4, 0.5) is 17.6 Å². The number of hydrogen-bond donors (Lipinski definition) is 1. The quantitative estimate of drug-likeness (QED) is 0.296. The molecule has 0 fully saturated rings. The van der Waals surface area contributed by atoms with E-state index in [0.717, 1.165) is 35.7 Å². The van der Waals surface area contributed by atoms with Gasteiger partial charge in [-0.2, -0.15) is 0 Å². The van der Waals surface area contributed by atoms with Crippen molar-refractivity contribution in [2.45, 2.75) is 26.1 Å². The molecule has 4 rings (SSSR count). The largest absolute Gasteiger partial charge is 0.483 e. The van der Waals surface area contributed by atoms with Crippen molar-refractivity contribution in [2.75, 3.05) is 0 Å². The molecule has 188 valence electrons. The Bertz CT molecular complexity index is 1240. The van der Waals surface area contributed by atoms with Gasteiger partial charge in [0.15, 0.2) is 11.5 Å². The normalized spacial score (nSPS) is 10.6. The highest BCUT2D eigenvalue weighted by atomic mass is 19.3. The third kappa shape index (κ3) is 7.86. The number of pyridine rings is 1. The van der Waals surface area contributed by atoms with Gasteiger partial charge in [0.25, 0.3) is 12.9 Å². The van der Waals surface area contributed by atoms with E-state index in [-0.39, 0.29) is 24.7 Å². The molecule has 0 spiro atoms. The molecule has 0 aliphatic rings. The van der Waals surface area contributed by atoms with Gasteiger partial charge in [-0.1, -0.05) is 60.7 Å². The van der Waals surface area contributed by atoms with Crippen LogP contribution < -0.4 is 20.3 Å². The Labute approximate surface area is 202 Å². The molecule has 2 heterocycles. The fraction of sp³-hybridized carbons (Fsp3) is 0.154. The van der Waals surface area contributed by atoms with Gasteiger partial charge in [0.2, 0.25) is 16.6 Å². The van der Waals surface area contributed by atoms with Gasteiger partial charge in [-0.15, -0.1) is 0 Å². The lowest BCUT2D eigenvalue weighted by atomic mass is 10.2. The third-order valence-electron chi connectivity index (χ3n) is 4.64. The zero-order chi connectivity index (χ0) is 25.9. The maximum Gasteiger partial charge on any atom is 0.295 e. The van der Waals surface area contributed by atoms with Crippen LogP contribution in [0.3, 0.4) is 0 Å². The molecule has 36 heavy (non-hydrogen) atoms. The van der Waals surface area contributed by atoms with Gasteiger partial charge in [-0.25, -0.2) is 17.6 Å². The molecule has 0 unspecified atom stereocenters. The van der Waals surface area contributed by atoms with Gasteiger partial charge in [-0.3, -0.25) is 9.59 Å². The van der Waals surface area contributed by atoms with E-state index in [4.69, 9.17) is 9.47 Å². The van der Waals surface area contributed by atoms with Crippen molar-refractivity contribution in [3.05, 3.63) is 128 Å². The summed E-state index contributed by atoms with van der Waals surface area (Å²) in [5, 5.41) is 0. The number of aromatic nitrogens is 1. The van der Waals surface area contributed by atoms with Crippen molar-refractivity contribution in [1.29, 1.82) is 0 Å². The van der Waals surface area contributed by atoms with Gasteiger partial charge in [-0.05, 0) is 11.1 Å². The molecule has 0 aliphatic heterocycles. The number of halogens is 4. The first-order chi connectivity index (χ1) is 17.3. The summed E-state index contributed by atoms with van der Waals surface area (Å²) >= 11 is 0. The molecule has 0 amide bonds. The zero-order valence-corrected chi connectivity index (χ0v) is 18.7. The average molecular weight is 503 g/mol.